The second-order valence-corrected chi connectivity index (χ2v) is 9.47. The number of nitrogens with zero attached hydrogens (tertiary/aromatic N) is 2. The molecule has 1 fully saturated rings. The zero-order valence-corrected chi connectivity index (χ0v) is 19.1. The molecular weight excluding hydrogens is 439 g/mol. The average molecular weight is 463 g/mol. The average Bonchev–Trinajstić information content (AvgIpc) is 3.38. The molecule has 1 aliphatic heterocycles. The Hall–Kier alpha value is -1.50. The van der Waals surface area contributed by atoms with E-state index in [0.717, 1.165) is 23.5 Å². The molecule has 3 aromatic rings. The number of imidazole rings is 1. The molecule has 158 valence electrons. The third kappa shape index (κ3) is 5.59. The zero-order chi connectivity index (χ0) is 21.0. The van der Waals surface area contributed by atoms with Crippen LogP contribution in [-0.4, -0.2) is 33.8 Å². The van der Waals surface area contributed by atoms with Gasteiger partial charge in [0.1, 0.15) is 0 Å². The van der Waals surface area contributed by atoms with E-state index in [1.165, 1.54) is 11.1 Å². The molecule has 0 amide bonds. The van der Waals surface area contributed by atoms with E-state index >= 15 is 0 Å². The number of hydrogen-bond donors (Lipinski definition) is 0. The molecule has 1 aromatic heterocycles. The van der Waals surface area contributed by atoms with E-state index in [1.807, 2.05) is 22.9 Å². The highest BCUT2D eigenvalue weighted by atomic mass is 35.5. The van der Waals surface area contributed by atoms with Crippen molar-refractivity contribution in [2.45, 2.75) is 43.1 Å². The van der Waals surface area contributed by atoms with Crippen LogP contribution >= 0.6 is 35.0 Å². The summed E-state index contributed by atoms with van der Waals surface area (Å²) in [5.74, 6) is 0.0954. The van der Waals surface area contributed by atoms with E-state index in [1.54, 1.807) is 30.4 Å². The maximum atomic E-state index is 6.49. The van der Waals surface area contributed by atoms with Crippen LogP contribution in [0.3, 0.4) is 0 Å². The van der Waals surface area contributed by atoms with Gasteiger partial charge in [0.05, 0.1) is 30.6 Å². The minimum absolute atomic E-state index is 0.0108. The number of thioether (sulfide) groups is 1. The lowest BCUT2D eigenvalue weighted by Crippen LogP contribution is -2.37. The van der Waals surface area contributed by atoms with Crippen molar-refractivity contribution in [2.75, 3.05) is 12.4 Å². The number of benzene rings is 2. The molecule has 0 spiro atoms. The number of hydrogen-bond acceptors (Lipinski definition) is 4. The molecule has 0 radical (unpaired) electrons. The lowest BCUT2D eigenvalue weighted by Gasteiger charge is -2.28. The number of halogens is 2. The SMILES string of the molecule is Cc1ccc(CCC2(Cn3ccnc3)OCC(CSc3ccc(Cl)cc3Cl)O2)cc1. The van der Waals surface area contributed by atoms with Crippen LogP contribution in [0.2, 0.25) is 10.0 Å². The first kappa shape index (κ1) is 21.7. The summed E-state index contributed by atoms with van der Waals surface area (Å²) in [6, 6.07) is 14.2. The van der Waals surface area contributed by atoms with Crippen LogP contribution in [0.1, 0.15) is 17.5 Å². The van der Waals surface area contributed by atoms with E-state index in [-0.39, 0.29) is 6.10 Å². The van der Waals surface area contributed by atoms with Gasteiger partial charge in [-0.05, 0) is 37.1 Å². The van der Waals surface area contributed by atoms with E-state index in [4.69, 9.17) is 32.7 Å². The van der Waals surface area contributed by atoms with Crippen LogP contribution in [0.15, 0.2) is 66.1 Å². The summed E-state index contributed by atoms with van der Waals surface area (Å²) in [6.45, 7) is 3.27. The molecule has 0 bridgehead atoms. The molecule has 4 rings (SSSR count). The van der Waals surface area contributed by atoms with Crippen molar-refractivity contribution >= 4 is 35.0 Å². The predicted octanol–water partition coefficient (Wildman–Crippen LogP) is 6.04. The molecular formula is C23H24Cl2N2O2S. The highest BCUT2D eigenvalue weighted by Gasteiger charge is 2.41. The normalized spacial score (nSPS) is 21.2. The first-order valence-corrected chi connectivity index (χ1v) is 11.7. The lowest BCUT2D eigenvalue weighted by atomic mass is 10.0. The Balaban J connectivity index is 1.41. The molecule has 2 heterocycles. The first-order valence-electron chi connectivity index (χ1n) is 9.92. The fourth-order valence-electron chi connectivity index (χ4n) is 3.51. The van der Waals surface area contributed by atoms with Crippen molar-refractivity contribution in [1.82, 2.24) is 9.55 Å². The third-order valence-electron chi connectivity index (χ3n) is 5.13. The maximum Gasteiger partial charge on any atom is 0.187 e. The van der Waals surface area contributed by atoms with Crippen LogP contribution in [-0.2, 0) is 22.4 Å². The lowest BCUT2D eigenvalue weighted by molar-refractivity contribution is -0.180. The fraction of sp³-hybridized carbons (Fsp3) is 0.348. The monoisotopic (exact) mass is 462 g/mol. The summed E-state index contributed by atoms with van der Waals surface area (Å²) in [5.41, 5.74) is 2.54. The molecule has 0 saturated carbocycles. The van der Waals surface area contributed by atoms with Gasteiger partial charge in [-0.3, -0.25) is 0 Å². The Morgan fingerprint density at radius 2 is 2.03 bits per heavy atom. The van der Waals surface area contributed by atoms with Gasteiger partial charge in [-0.15, -0.1) is 11.8 Å². The smallest absolute Gasteiger partial charge is 0.187 e. The van der Waals surface area contributed by atoms with Crippen LogP contribution < -0.4 is 0 Å². The van der Waals surface area contributed by atoms with E-state index in [2.05, 4.69) is 36.2 Å². The number of ether oxygens (including phenoxy) is 2. The van der Waals surface area contributed by atoms with Crippen molar-refractivity contribution in [2.24, 2.45) is 0 Å². The molecule has 2 aromatic carbocycles. The summed E-state index contributed by atoms with van der Waals surface area (Å²) < 4.78 is 14.8. The van der Waals surface area contributed by atoms with Gasteiger partial charge in [0.2, 0.25) is 0 Å². The molecule has 30 heavy (non-hydrogen) atoms. The maximum absolute atomic E-state index is 6.49. The Morgan fingerprint density at radius 3 is 2.77 bits per heavy atom. The zero-order valence-electron chi connectivity index (χ0n) is 16.8. The summed E-state index contributed by atoms with van der Waals surface area (Å²) >= 11 is 14.0. The molecule has 0 aliphatic carbocycles. The Bertz CT molecular complexity index is 966. The predicted molar refractivity (Wildman–Crippen MR) is 122 cm³/mol. The van der Waals surface area contributed by atoms with Crippen molar-refractivity contribution in [3.05, 3.63) is 82.4 Å². The number of aromatic nitrogens is 2. The van der Waals surface area contributed by atoms with Gasteiger partial charge in [-0.2, -0.15) is 0 Å². The fourth-order valence-corrected chi connectivity index (χ4v) is 4.98. The van der Waals surface area contributed by atoms with Gasteiger partial charge in [0, 0.05) is 34.5 Å². The number of aryl methyl sites for hydroxylation is 2. The summed E-state index contributed by atoms with van der Waals surface area (Å²) in [5, 5.41) is 1.30. The summed E-state index contributed by atoms with van der Waals surface area (Å²) in [4.78, 5) is 5.15. The highest BCUT2D eigenvalue weighted by molar-refractivity contribution is 7.99. The van der Waals surface area contributed by atoms with Gasteiger partial charge < -0.3 is 14.0 Å². The van der Waals surface area contributed by atoms with Gasteiger partial charge in [-0.25, -0.2) is 4.98 Å². The second-order valence-electron chi connectivity index (χ2n) is 7.57. The Labute approximate surface area is 191 Å². The summed E-state index contributed by atoms with van der Waals surface area (Å²) in [6.07, 6.45) is 7.17. The van der Waals surface area contributed by atoms with Gasteiger partial charge in [0.25, 0.3) is 0 Å². The molecule has 1 aliphatic rings. The van der Waals surface area contributed by atoms with Gasteiger partial charge in [-0.1, -0.05) is 53.0 Å². The van der Waals surface area contributed by atoms with Crippen molar-refractivity contribution in [3.63, 3.8) is 0 Å². The van der Waals surface area contributed by atoms with Crippen molar-refractivity contribution < 1.29 is 9.47 Å². The van der Waals surface area contributed by atoms with Gasteiger partial charge >= 0.3 is 0 Å². The Morgan fingerprint density at radius 1 is 1.20 bits per heavy atom. The molecule has 0 N–H and O–H groups in total. The molecule has 1 saturated heterocycles. The van der Waals surface area contributed by atoms with Crippen LogP contribution in [0.25, 0.3) is 0 Å². The van der Waals surface area contributed by atoms with E-state index in [0.29, 0.717) is 23.2 Å². The second kappa shape index (κ2) is 9.75. The largest absolute Gasteiger partial charge is 0.345 e. The summed E-state index contributed by atoms with van der Waals surface area (Å²) in [7, 11) is 0. The van der Waals surface area contributed by atoms with Crippen LogP contribution in [0.5, 0.6) is 0 Å². The minimum atomic E-state index is -0.666. The van der Waals surface area contributed by atoms with Gasteiger partial charge in [0.15, 0.2) is 5.79 Å². The first-order chi connectivity index (χ1) is 14.5. The highest BCUT2D eigenvalue weighted by Crippen LogP contribution is 2.35. The van der Waals surface area contributed by atoms with E-state index < -0.39 is 5.79 Å². The standard InChI is InChI=1S/C23H24Cl2N2O2S/c1-17-2-4-18(5-3-17)8-9-23(15-27-11-10-26-16-27)28-13-20(29-23)14-30-22-7-6-19(24)12-21(22)25/h2-7,10-12,16,20H,8-9,13-15H2,1H3. The molecule has 2 atom stereocenters. The minimum Gasteiger partial charge on any atom is -0.345 e. The quantitative estimate of drug-likeness (QED) is 0.382. The topological polar surface area (TPSA) is 36.3 Å². The van der Waals surface area contributed by atoms with Crippen LogP contribution in [0.4, 0.5) is 0 Å². The molecule has 4 nitrogen and oxygen atoms in total. The Kier molecular flexibility index (Phi) is 7.06. The van der Waals surface area contributed by atoms with E-state index in [9.17, 15) is 0 Å². The number of rotatable bonds is 8. The van der Waals surface area contributed by atoms with Crippen molar-refractivity contribution in [3.8, 4) is 0 Å². The molecule has 2 unspecified atom stereocenters. The molecule has 7 heteroatoms. The van der Waals surface area contributed by atoms with Crippen molar-refractivity contribution in [1.29, 1.82) is 0 Å². The van der Waals surface area contributed by atoms with Crippen LogP contribution in [0, 0.1) is 6.92 Å². The third-order valence-corrected chi connectivity index (χ3v) is 7.00.